The van der Waals surface area contributed by atoms with E-state index in [0.29, 0.717) is 24.7 Å². The quantitative estimate of drug-likeness (QED) is 0.457. The zero-order valence-corrected chi connectivity index (χ0v) is 20.4. The Kier molecular flexibility index (Phi) is 6.42. The largest absolute Gasteiger partial charge is 0.490 e. The molecule has 2 aromatic carbocycles. The Labute approximate surface area is 193 Å². The van der Waals surface area contributed by atoms with Crippen LogP contribution >= 0.6 is 0 Å². The van der Waals surface area contributed by atoms with Gasteiger partial charge in [-0.3, -0.25) is 4.79 Å². The Bertz CT molecular complexity index is 949. The van der Waals surface area contributed by atoms with E-state index in [9.17, 15) is 4.79 Å². The summed E-state index contributed by atoms with van der Waals surface area (Å²) in [6.07, 6.45) is 6.96. The summed E-state index contributed by atoms with van der Waals surface area (Å²) in [5, 5.41) is 2.38. The molecule has 0 unspecified atom stereocenters. The summed E-state index contributed by atoms with van der Waals surface area (Å²) in [4.78, 5) is 14.5. The number of carbonyl (C=O) groups excluding carboxylic acids is 1. The van der Waals surface area contributed by atoms with Gasteiger partial charge in [0.25, 0.3) is 0 Å². The number of hydrogen-bond acceptors (Lipinski definition) is 4. The highest BCUT2D eigenvalue weighted by Gasteiger charge is 2.52. The number of nitrogens with zero attached hydrogens (tertiary/aromatic N) is 1. The molecule has 0 bridgehead atoms. The summed E-state index contributed by atoms with van der Waals surface area (Å²) in [5.41, 5.74) is 1.21. The predicted octanol–water partition coefficient (Wildman–Crippen LogP) is 6.60. The van der Waals surface area contributed by atoms with Gasteiger partial charge < -0.3 is 14.4 Å². The molecule has 0 aliphatic heterocycles. The van der Waals surface area contributed by atoms with Crippen molar-refractivity contribution in [2.75, 3.05) is 25.1 Å². The fourth-order valence-corrected chi connectivity index (χ4v) is 5.17. The number of hydrogen-bond donors (Lipinski definition) is 0. The van der Waals surface area contributed by atoms with E-state index in [1.165, 1.54) is 23.6 Å². The molecule has 0 spiro atoms. The van der Waals surface area contributed by atoms with Gasteiger partial charge in [-0.1, -0.05) is 32.9 Å². The first kappa shape index (κ1) is 22.9. The lowest BCUT2D eigenvalue weighted by Gasteiger charge is -2.37. The Morgan fingerprint density at radius 1 is 1.03 bits per heavy atom. The van der Waals surface area contributed by atoms with Crippen LogP contribution in [0.5, 0.6) is 5.75 Å². The van der Waals surface area contributed by atoms with Crippen LogP contribution in [-0.4, -0.2) is 32.3 Å². The van der Waals surface area contributed by atoms with E-state index in [-0.39, 0.29) is 11.4 Å². The minimum Gasteiger partial charge on any atom is -0.490 e. The molecule has 4 nitrogen and oxygen atoms in total. The Balaban J connectivity index is 1.39. The number of fused-ring (bicyclic) bond motifs is 1. The Morgan fingerprint density at radius 2 is 1.69 bits per heavy atom. The lowest BCUT2D eigenvalue weighted by Crippen LogP contribution is -2.33. The van der Waals surface area contributed by atoms with E-state index in [1.807, 2.05) is 6.92 Å². The molecule has 4 rings (SSSR count). The number of anilines is 1. The molecule has 0 saturated heterocycles. The SMILES string of the molecule is CCOC(=O)C1(CN(C)c2ccc3cc(O[C@H]4CC[C@H](C(C)(C)C)CC4)ccc3c2)CC1. The van der Waals surface area contributed by atoms with Crippen molar-refractivity contribution >= 4 is 22.4 Å². The van der Waals surface area contributed by atoms with Crippen LogP contribution in [0.2, 0.25) is 0 Å². The zero-order valence-electron chi connectivity index (χ0n) is 20.4. The van der Waals surface area contributed by atoms with Crippen LogP contribution in [0.15, 0.2) is 36.4 Å². The van der Waals surface area contributed by atoms with E-state index in [0.717, 1.165) is 43.0 Å². The van der Waals surface area contributed by atoms with Gasteiger partial charge in [0.2, 0.25) is 0 Å². The van der Waals surface area contributed by atoms with Gasteiger partial charge in [-0.2, -0.15) is 0 Å². The third kappa shape index (κ3) is 5.05. The monoisotopic (exact) mass is 437 g/mol. The smallest absolute Gasteiger partial charge is 0.313 e. The summed E-state index contributed by atoms with van der Waals surface area (Å²) in [6.45, 7) is 10.1. The Hall–Kier alpha value is -2.23. The van der Waals surface area contributed by atoms with E-state index >= 15 is 0 Å². The molecule has 2 fully saturated rings. The fourth-order valence-electron chi connectivity index (χ4n) is 5.17. The zero-order chi connectivity index (χ0) is 22.9. The maximum Gasteiger partial charge on any atom is 0.313 e. The molecule has 32 heavy (non-hydrogen) atoms. The number of rotatable bonds is 7. The highest BCUT2D eigenvalue weighted by atomic mass is 16.5. The average Bonchev–Trinajstić information content (AvgIpc) is 3.54. The van der Waals surface area contributed by atoms with Crippen molar-refractivity contribution in [2.45, 2.75) is 72.3 Å². The number of ether oxygens (including phenoxy) is 2. The van der Waals surface area contributed by atoms with E-state index in [1.54, 1.807) is 0 Å². The highest BCUT2D eigenvalue weighted by molar-refractivity contribution is 5.87. The van der Waals surface area contributed by atoms with Gasteiger partial charge in [0.1, 0.15) is 5.75 Å². The minimum atomic E-state index is -0.316. The second kappa shape index (κ2) is 8.96. The van der Waals surface area contributed by atoms with E-state index < -0.39 is 0 Å². The predicted molar refractivity (Wildman–Crippen MR) is 131 cm³/mol. The fraction of sp³-hybridized carbons (Fsp3) is 0.607. The normalized spacial score (nSPS) is 22.4. The van der Waals surface area contributed by atoms with Crippen molar-refractivity contribution in [1.29, 1.82) is 0 Å². The first-order chi connectivity index (χ1) is 15.2. The first-order valence-electron chi connectivity index (χ1n) is 12.3. The maximum absolute atomic E-state index is 12.3. The number of esters is 1. The maximum atomic E-state index is 12.3. The van der Waals surface area contributed by atoms with Crippen LogP contribution < -0.4 is 9.64 Å². The van der Waals surface area contributed by atoms with Crippen molar-refractivity contribution < 1.29 is 14.3 Å². The van der Waals surface area contributed by atoms with E-state index in [2.05, 4.69) is 69.1 Å². The topological polar surface area (TPSA) is 38.8 Å². The summed E-state index contributed by atoms with van der Waals surface area (Å²) in [5.74, 6) is 1.72. The molecule has 0 aromatic heterocycles. The van der Waals surface area contributed by atoms with Crippen LogP contribution in [0.4, 0.5) is 5.69 Å². The van der Waals surface area contributed by atoms with Crippen molar-refractivity contribution in [1.82, 2.24) is 0 Å². The molecule has 0 amide bonds. The third-order valence-electron chi connectivity index (χ3n) is 7.54. The van der Waals surface area contributed by atoms with Crippen molar-refractivity contribution in [3.05, 3.63) is 36.4 Å². The van der Waals surface area contributed by atoms with Crippen molar-refractivity contribution in [3.8, 4) is 5.75 Å². The second-order valence-electron chi connectivity index (χ2n) is 11.0. The minimum absolute atomic E-state index is 0.0500. The number of benzene rings is 2. The lowest BCUT2D eigenvalue weighted by atomic mass is 9.72. The molecule has 174 valence electrons. The molecular formula is C28H39NO3. The summed E-state index contributed by atoms with van der Waals surface area (Å²) in [7, 11) is 2.06. The molecule has 2 aliphatic carbocycles. The average molecular weight is 438 g/mol. The standard InChI is InChI=1S/C28H39NO3/c1-6-31-26(30)28(15-16-28)19-29(5)23-11-7-21-18-25(12-8-20(21)17-23)32-24-13-9-22(10-14-24)27(2,3)4/h7-8,11-12,17-18,22,24H,6,9-10,13-16,19H2,1-5H3/t22-,24-. The van der Waals surface area contributed by atoms with Gasteiger partial charge >= 0.3 is 5.97 Å². The van der Waals surface area contributed by atoms with E-state index in [4.69, 9.17) is 9.47 Å². The van der Waals surface area contributed by atoms with Gasteiger partial charge in [0, 0.05) is 19.3 Å². The van der Waals surface area contributed by atoms with Gasteiger partial charge in [-0.25, -0.2) is 0 Å². The summed E-state index contributed by atoms with van der Waals surface area (Å²) in [6, 6.07) is 12.9. The van der Waals surface area contributed by atoms with Gasteiger partial charge in [0.05, 0.1) is 18.1 Å². The number of carbonyl (C=O) groups is 1. The lowest BCUT2D eigenvalue weighted by molar-refractivity contribution is -0.149. The van der Waals surface area contributed by atoms with Crippen LogP contribution in [-0.2, 0) is 9.53 Å². The molecule has 0 heterocycles. The highest BCUT2D eigenvalue weighted by Crippen LogP contribution is 2.48. The molecule has 0 N–H and O–H groups in total. The van der Waals surface area contributed by atoms with Crippen LogP contribution in [0, 0.1) is 16.7 Å². The molecule has 0 radical (unpaired) electrons. The first-order valence-corrected chi connectivity index (χ1v) is 12.3. The van der Waals surface area contributed by atoms with Gasteiger partial charge in [-0.05, 0) is 91.8 Å². The molecular weight excluding hydrogens is 398 g/mol. The van der Waals surface area contributed by atoms with Crippen LogP contribution in [0.25, 0.3) is 10.8 Å². The molecule has 0 atom stereocenters. The van der Waals surface area contributed by atoms with Crippen molar-refractivity contribution in [2.24, 2.45) is 16.7 Å². The molecule has 2 saturated carbocycles. The second-order valence-corrected chi connectivity index (χ2v) is 11.0. The molecule has 4 heteroatoms. The van der Waals surface area contributed by atoms with Crippen LogP contribution in [0.3, 0.4) is 0 Å². The molecule has 2 aliphatic rings. The Morgan fingerprint density at radius 3 is 2.31 bits per heavy atom. The van der Waals surface area contributed by atoms with Gasteiger partial charge in [-0.15, -0.1) is 0 Å². The summed E-state index contributed by atoms with van der Waals surface area (Å²) >= 11 is 0. The van der Waals surface area contributed by atoms with Crippen molar-refractivity contribution in [3.63, 3.8) is 0 Å². The van der Waals surface area contributed by atoms with Crippen LogP contribution in [0.1, 0.15) is 66.2 Å². The molecule has 2 aromatic rings. The van der Waals surface area contributed by atoms with Gasteiger partial charge in [0.15, 0.2) is 0 Å². The summed E-state index contributed by atoms with van der Waals surface area (Å²) < 4.78 is 11.7. The third-order valence-corrected chi connectivity index (χ3v) is 7.54.